The molecule has 6 nitrogen and oxygen atoms in total. The molecule has 21 heavy (non-hydrogen) atoms. The Balaban J connectivity index is 1.92. The molecule has 0 spiro atoms. The highest BCUT2D eigenvalue weighted by atomic mass is 15.2. The van der Waals surface area contributed by atoms with E-state index in [0.29, 0.717) is 12.0 Å². The number of hydrogen-bond acceptors (Lipinski definition) is 5. The van der Waals surface area contributed by atoms with Crippen LogP contribution < -0.4 is 5.32 Å². The van der Waals surface area contributed by atoms with Crippen LogP contribution in [0.1, 0.15) is 25.8 Å². The van der Waals surface area contributed by atoms with Crippen molar-refractivity contribution in [3.8, 4) is 11.4 Å². The minimum atomic E-state index is 0.502. The fourth-order valence-electron chi connectivity index (χ4n) is 2.52. The van der Waals surface area contributed by atoms with Gasteiger partial charge in [-0.1, -0.05) is 0 Å². The molecular formula is C15H16N6. The molecule has 0 aromatic carbocycles. The summed E-state index contributed by atoms with van der Waals surface area (Å²) in [5.74, 6) is 1.62. The zero-order valence-electron chi connectivity index (χ0n) is 11.8. The lowest BCUT2D eigenvalue weighted by Crippen LogP contribution is -2.04. The number of aromatic nitrogens is 5. The summed E-state index contributed by atoms with van der Waals surface area (Å²) in [4.78, 5) is 17.8. The first-order valence-electron chi connectivity index (χ1n) is 7.26. The quantitative estimate of drug-likeness (QED) is 0.795. The predicted molar refractivity (Wildman–Crippen MR) is 81.0 cm³/mol. The molecule has 1 aliphatic carbocycles. The molecule has 4 rings (SSSR count). The first-order chi connectivity index (χ1) is 10.4. The van der Waals surface area contributed by atoms with E-state index in [-0.39, 0.29) is 0 Å². The molecule has 1 fully saturated rings. The van der Waals surface area contributed by atoms with Crippen molar-refractivity contribution >= 4 is 17.1 Å². The van der Waals surface area contributed by atoms with E-state index in [0.717, 1.165) is 29.1 Å². The lowest BCUT2D eigenvalue weighted by atomic mass is 10.2. The summed E-state index contributed by atoms with van der Waals surface area (Å²) in [5, 5.41) is 3.16. The van der Waals surface area contributed by atoms with Crippen molar-refractivity contribution in [2.24, 2.45) is 0 Å². The second kappa shape index (κ2) is 4.80. The van der Waals surface area contributed by atoms with Gasteiger partial charge in [0.25, 0.3) is 0 Å². The summed E-state index contributed by atoms with van der Waals surface area (Å²) in [6, 6.07) is 4.47. The summed E-state index contributed by atoms with van der Waals surface area (Å²) in [6.07, 6.45) is 7.75. The smallest absolute Gasteiger partial charge is 0.224 e. The van der Waals surface area contributed by atoms with Gasteiger partial charge in [-0.25, -0.2) is 9.97 Å². The third kappa shape index (κ3) is 2.12. The molecule has 3 aromatic heterocycles. The average molecular weight is 280 g/mol. The van der Waals surface area contributed by atoms with Gasteiger partial charge in [0.1, 0.15) is 11.3 Å². The number of rotatable bonds is 4. The van der Waals surface area contributed by atoms with Crippen LogP contribution in [-0.2, 0) is 0 Å². The second-order valence-electron chi connectivity index (χ2n) is 5.21. The number of nitrogens with one attached hydrogen (secondary N) is 1. The zero-order valence-corrected chi connectivity index (χ0v) is 11.8. The number of pyridine rings is 1. The van der Waals surface area contributed by atoms with E-state index in [2.05, 4.69) is 24.8 Å². The van der Waals surface area contributed by atoms with Gasteiger partial charge in [-0.3, -0.25) is 4.98 Å². The van der Waals surface area contributed by atoms with Crippen LogP contribution in [-0.4, -0.2) is 31.0 Å². The van der Waals surface area contributed by atoms with Crippen LogP contribution in [0.4, 0.5) is 5.95 Å². The molecule has 3 aromatic rings. The van der Waals surface area contributed by atoms with Crippen molar-refractivity contribution in [2.45, 2.75) is 25.8 Å². The van der Waals surface area contributed by atoms with E-state index >= 15 is 0 Å². The van der Waals surface area contributed by atoms with Crippen LogP contribution in [0, 0.1) is 0 Å². The second-order valence-corrected chi connectivity index (χ2v) is 5.21. The molecule has 6 heteroatoms. The van der Waals surface area contributed by atoms with Gasteiger partial charge >= 0.3 is 0 Å². The molecule has 0 unspecified atom stereocenters. The molecule has 0 saturated heterocycles. The average Bonchev–Trinajstić information content (AvgIpc) is 3.29. The van der Waals surface area contributed by atoms with Crippen LogP contribution >= 0.6 is 0 Å². The number of nitrogens with zero attached hydrogens (tertiary/aromatic N) is 5. The van der Waals surface area contributed by atoms with Crippen molar-refractivity contribution in [3.05, 3.63) is 30.7 Å². The van der Waals surface area contributed by atoms with Crippen molar-refractivity contribution < 1.29 is 0 Å². The Morgan fingerprint density at radius 1 is 1.24 bits per heavy atom. The number of hydrogen-bond donors (Lipinski definition) is 1. The van der Waals surface area contributed by atoms with Crippen LogP contribution in [0.3, 0.4) is 0 Å². The van der Waals surface area contributed by atoms with Gasteiger partial charge in [0, 0.05) is 30.5 Å². The van der Waals surface area contributed by atoms with Crippen molar-refractivity contribution in [3.63, 3.8) is 0 Å². The van der Waals surface area contributed by atoms with E-state index < -0.39 is 0 Å². The minimum Gasteiger partial charge on any atom is -0.354 e. The van der Waals surface area contributed by atoms with E-state index in [4.69, 9.17) is 4.98 Å². The zero-order chi connectivity index (χ0) is 14.2. The third-order valence-corrected chi connectivity index (χ3v) is 3.62. The number of imidazole rings is 1. The van der Waals surface area contributed by atoms with Crippen LogP contribution in [0.25, 0.3) is 22.6 Å². The van der Waals surface area contributed by atoms with Crippen LogP contribution in [0.2, 0.25) is 0 Å². The Hall–Kier alpha value is -2.50. The third-order valence-electron chi connectivity index (χ3n) is 3.62. The predicted octanol–water partition coefficient (Wildman–Crippen LogP) is 2.66. The van der Waals surface area contributed by atoms with Crippen LogP contribution in [0.5, 0.6) is 0 Å². The maximum Gasteiger partial charge on any atom is 0.224 e. The number of fused-ring (bicyclic) bond motifs is 1. The Labute approximate surface area is 122 Å². The maximum absolute atomic E-state index is 4.73. The largest absolute Gasteiger partial charge is 0.354 e. The van der Waals surface area contributed by atoms with Gasteiger partial charge in [-0.15, -0.1) is 0 Å². The van der Waals surface area contributed by atoms with E-state index in [1.807, 2.05) is 19.1 Å². The maximum atomic E-state index is 4.73. The SMILES string of the molecule is CCNc1ncc2nc(-c3ccncc3)n(C3CC3)c2n1. The molecule has 106 valence electrons. The first kappa shape index (κ1) is 12.3. The molecule has 3 heterocycles. The fourth-order valence-corrected chi connectivity index (χ4v) is 2.52. The summed E-state index contributed by atoms with van der Waals surface area (Å²) in [7, 11) is 0. The summed E-state index contributed by atoms with van der Waals surface area (Å²) in [5.41, 5.74) is 2.82. The van der Waals surface area contributed by atoms with E-state index in [1.165, 1.54) is 12.8 Å². The van der Waals surface area contributed by atoms with Crippen molar-refractivity contribution in [1.29, 1.82) is 0 Å². The molecule has 0 aliphatic heterocycles. The highest BCUT2D eigenvalue weighted by Gasteiger charge is 2.29. The molecule has 0 atom stereocenters. The highest BCUT2D eigenvalue weighted by molar-refractivity contribution is 5.77. The molecule has 1 N–H and O–H groups in total. The normalized spacial score (nSPS) is 14.5. The summed E-state index contributed by atoms with van der Waals surface area (Å²) < 4.78 is 2.24. The van der Waals surface area contributed by atoms with E-state index in [9.17, 15) is 0 Å². The van der Waals surface area contributed by atoms with Gasteiger partial charge in [0.15, 0.2) is 5.65 Å². The molecule has 1 aliphatic rings. The minimum absolute atomic E-state index is 0.502. The molecule has 0 radical (unpaired) electrons. The molecule has 0 amide bonds. The van der Waals surface area contributed by atoms with Crippen LogP contribution in [0.15, 0.2) is 30.7 Å². The van der Waals surface area contributed by atoms with Crippen molar-refractivity contribution in [1.82, 2.24) is 24.5 Å². The Morgan fingerprint density at radius 2 is 2.05 bits per heavy atom. The van der Waals surface area contributed by atoms with Gasteiger partial charge < -0.3 is 9.88 Å². The lowest BCUT2D eigenvalue weighted by molar-refractivity contribution is 0.766. The van der Waals surface area contributed by atoms with Gasteiger partial charge in [-0.05, 0) is 31.9 Å². The van der Waals surface area contributed by atoms with Gasteiger partial charge in [0.05, 0.1) is 6.20 Å². The monoisotopic (exact) mass is 280 g/mol. The Bertz CT molecular complexity index is 775. The summed E-state index contributed by atoms with van der Waals surface area (Å²) in [6.45, 7) is 2.84. The fraction of sp³-hybridized carbons (Fsp3) is 0.333. The highest BCUT2D eigenvalue weighted by Crippen LogP contribution is 2.40. The first-order valence-corrected chi connectivity index (χ1v) is 7.26. The number of anilines is 1. The van der Waals surface area contributed by atoms with E-state index in [1.54, 1.807) is 18.6 Å². The van der Waals surface area contributed by atoms with Gasteiger partial charge in [0.2, 0.25) is 5.95 Å². The topological polar surface area (TPSA) is 68.5 Å². The molecule has 1 saturated carbocycles. The van der Waals surface area contributed by atoms with Gasteiger partial charge in [-0.2, -0.15) is 4.98 Å². The Kier molecular flexibility index (Phi) is 2.80. The summed E-state index contributed by atoms with van der Waals surface area (Å²) >= 11 is 0. The Morgan fingerprint density at radius 3 is 2.76 bits per heavy atom. The molecular weight excluding hydrogens is 264 g/mol. The molecule has 0 bridgehead atoms. The lowest BCUT2D eigenvalue weighted by Gasteiger charge is -2.07. The van der Waals surface area contributed by atoms with Crippen molar-refractivity contribution in [2.75, 3.05) is 11.9 Å². The standard InChI is InChI=1S/C15H16N6/c1-2-17-15-18-9-12-14(20-15)21(11-3-4-11)13(19-12)10-5-7-16-8-6-10/h5-9,11H,2-4H2,1H3,(H,17,18,20).